The third-order valence-corrected chi connectivity index (χ3v) is 10.8. The Morgan fingerprint density at radius 2 is 0.629 bits per heavy atom. The molecule has 0 aromatic heterocycles. The molecule has 62 heavy (non-hydrogen) atoms. The third kappa shape index (κ3) is 47.6. The minimum Gasteiger partial charge on any atom is -0.462 e. The van der Waals surface area contributed by atoms with E-state index >= 15 is 0 Å². The molecule has 0 spiro atoms. The number of rotatable bonds is 45. The van der Waals surface area contributed by atoms with Crippen molar-refractivity contribution >= 4 is 17.9 Å². The molecule has 0 fully saturated rings. The summed E-state index contributed by atoms with van der Waals surface area (Å²) in [6.45, 7) is 6.32. The Bertz CT molecular complexity index is 1220. The van der Waals surface area contributed by atoms with Crippen LogP contribution in [0.3, 0.4) is 0 Å². The summed E-state index contributed by atoms with van der Waals surface area (Å²) >= 11 is 0. The highest BCUT2D eigenvalue weighted by Crippen LogP contribution is 2.16. The maximum Gasteiger partial charge on any atom is 0.306 e. The fraction of sp³-hybridized carbons (Fsp3) is 0.696. The van der Waals surface area contributed by atoms with Gasteiger partial charge in [0.05, 0.1) is 0 Å². The van der Waals surface area contributed by atoms with E-state index in [1.54, 1.807) is 0 Å². The summed E-state index contributed by atoms with van der Waals surface area (Å²) in [5, 5.41) is 0. The maximum atomic E-state index is 12.8. The van der Waals surface area contributed by atoms with Crippen LogP contribution in [0.5, 0.6) is 0 Å². The van der Waals surface area contributed by atoms with Gasteiger partial charge in [0.2, 0.25) is 0 Å². The molecule has 0 aliphatic rings. The Kier molecular flexibility index (Phi) is 47.5. The van der Waals surface area contributed by atoms with Crippen LogP contribution in [-0.4, -0.2) is 37.2 Å². The molecule has 1 atom stereocenters. The molecule has 1 unspecified atom stereocenters. The standard InChI is InChI=1S/C56H94O6/c1-4-7-10-13-16-19-22-25-26-27-28-29-32-34-37-40-43-46-49-55(58)61-52-53(62-56(59)50-47-44-41-38-35-31-24-21-18-15-12-9-6-3)51-60-54(57)48-45-42-39-36-33-30-23-20-17-14-11-8-5-2/h8-9,11-12,14-15,17-18,20-21,23-24,31,35,53H,4-7,10,13,16,19,22,25-30,32-34,36-52H2,1-3H3/b11-8-,12-9-,17-14-,18-15-,23-20-,24-21-,35-31-. The molecule has 6 heteroatoms. The lowest BCUT2D eigenvalue weighted by Gasteiger charge is -2.18. The summed E-state index contributed by atoms with van der Waals surface area (Å²) in [6.07, 6.45) is 64.3. The van der Waals surface area contributed by atoms with Crippen molar-refractivity contribution in [3.05, 3.63) is 85.1 Å². The SMILES string of the molecule is CC\C=C/C=C\C=C/C=C\CCCCCC(=O)OC(COC(=O)CCCCCCC\C=C/C=C\C=C/CC)COC(=O)CCCCCCCCCCCCCCCCCCCC. The molecule has 0 aliphatic heterocycles. The first-order chi connectivity index (χ1) is 30.5. The van der Waals surface area contributed by atoms with Gasteiger partial charge < -0.3 is 14.2 Å². The molecule has 0 aromatic rings. The van der Waals surface area contributed by atoms with Crippen molar-refractivity contribution in [1.82, 2.24) is 0 Å². The molecule has 0 heterocycles. The quantitative estimate of drug-likeness (QED) is 0.0263. The molecule has 0 N–H and O–H groups in total. The normalized spacial score (nSPS) is 12.8. The lowest BCUT2D eigenvalue weighted by molar-refractivity contribution is -0.167. The molecule has 0 aromatic carbocycles. The molecule has 6 nitrogen and oxygen atoms in total. The van der Waals surface area contributed by atoms with E-state index in [2.05, 4.69) is 69.4 Å². The average Bonchev–Trinajstić information content (AvgIpc) is 3.27. The Labute approximate surface area is 382 Å². The van der Waals surface area contributed by atoms with Crippen molar-refractivity contribution in [2.45, 2.75) is 239 Å². The molecule has 0 saturated heterocycles. The van der Waals surface area contributed by atoms with E-state index in [1.807, 2.05) is 36.5 Å². The second-order valence-corrected chi connectivity index (χ2v) is 16.8. The van der Waals surface area contributed by atoms with Gasteiger partial charge in [0.15, 0.2) is 6.10 Å². The molecule has 0 amide bonds. The first-order valence-electron chi connectivity index (χ1n) is 25.7. The molecule has 0 bridgehead atoms. The van der Waals surface area contributed by atoms with Gasteiger partial charge in [-0.1, -0.05) is 241 Å². The zero-order chi connectivity index (χ0) is 45.1. The van der Waals surface area contributed by atoms with E-state index in [0.717, 1.165) is 89.9 Å². The predicted molar refractivity (Wildman–Crippen MR) is 265 cm³/mol. The number of carbonyl (C=O) groups excluding carboxylic acids is 3. The summed E-state index contributed by atoms with van der Waals surface area (Å²) in [6, 6.07) is 0. The maximum absolute atomic E-state index is 12.8. The van der Waals surface area contributed by atoms with E-state index in [4.69, 9.17) is 14.2 Å². The minimum atomic E-state index is -0.803. The highest BCUT2D eigenvalue weighted by molar-refractivity contribution is 5.71. The molecule has 0 saturated carbocycles. The number of hydrogen-bond acceptors (Lipinski definition) is 6. The average molecular weight is 863 g/mol. The van der Waals surface area contributed by atoms with Crippen molar-refractivity contribution in [2.75, 3.05) is 13.2 Å². The number of hydrogen-bond donors (Lipinski definition) is 0. The van der Waals surface area contributed by atoms with Crippen LogP contribution >= 0.6 is 0 Å². The first kappa shape index (κ1) is 58.6. The van der Waals surface area contributed by atoms with Crippen molar-refractivity contribution in [3.63, 3.8) is 0 Å². The zero-order valence-corrected chi connectivity index (χ0v) is 40.4. The van der Waals surface area contributed by atoms with E-state index in [1.165, 1.54) is 96.3 Å². The lowest BCUT2D eigenvalue weighted by Crippen LogP contribution is -2.30. The smallest absolute Gasteiger partial charge is 0.306 e. The number of allylic oxidation sites excluding steroid dienone is 14. The molecule has 354 valence electrons. The van der Waals surface area contributed by atoms with Crippen LogP contribution in [0.25, 0.3) is 0 Å². The van der Waals surface area contributed by atoms with Gasteiger partial charge in [-0.25, -0.2) is 0 Å². The molecular formula is C56H94O6. The second kappa shape index (κ2) is 50.2. The highest BCUT2D eigenvalue weighted by atomic mass is 16.6. The third-order valence-electron chi connectivity index (χ3n) is 10.8. The van der Waals surface area contributed by atoms with Crippen molar-refractivity contribution in [1.29, 1.82) is 0 Å². The molecular weight excluding hydrogens is 769 g/mol. The van der Waals surface area contributed by atoms with E-state index in [-0.39, 0.29) is 37.5 Å². The highest BCUT2D eigenvalue weighted by Gasteiger charge is 2.19. The Morgan fingerprint density at radius 1 is 0.339 bits per heavy atom. The van der Waals surface area contributed by atoms with Gasteiger partial charge in [-0.15, -0.1) is 0 Å². The van der Waals surface area contributed by atoms with Crippen LogP contribution in [-0.2, 0) is 28.6 Å². The number of ether oxygens (including phenoxy) is 3. The second-order valence-electron chi connectivity index (χ2n) is 16.8. The summed E-state index contributed by atoms with van der Waals surface area (Å²) in [4.78, 5) is 37.9. The van der Waals surface area contributed by atoms with Gasteiger partial charge >= 0.3 is 17.9 Å². The minimum absolute atomic E-state index is 0.0982. The van der Waals surface area contributed by atoms with Gasteiger partial charge in [0.25, 0.3) is 0 Å². The van der Waals surface area contributed by atoms with Gasteiger partial charge in [0.1, 0.15) is 13.2 Å². The lowest BCUT2D eigenvalue weighted by atomic mass is 10.0. The number of unbranched alkanes of at least 4 members (excludes halogenated alkanes) is 25. The van der Waals surface area contributed by atoms with Gasteiger partial charge in [-0.2, -0.15) is 0 Å². The van der Waals surface area contributed by atoms with Crippen LogP contribution in [0, 0.1) is 0 Å². The van der Waals surface area contributed by atoms with Gasteiger partial charge in [0, 0.05) is 19.3 Å². The van der Waals surface area contributed by atoms with Gasteiger partial charge in [-0.3, -0.25) is 14.4 Å². The predicted octanol–water partition coefficient (Wildman–Crippen LogP) is 16.8. The van der Waals surface area contributed by atoms with Crippen molar-refractivity contribution in [2.24, 2.45) is 0 Å². The van der Waals surface area contributed by atoms with Crippen molar-refractivity contribution < 1.29 is 28.6 Å². The molecule has 0 rings (SSSR count). The number of carbonyl (C=O) groups is 3. The topological polar surface area (TPSA) is 78.9 Å². The van der Waals surface area contributed by atoms with E-state index in [0.29, 0.717) is 19.3 Å². The monoisotopic (exact) mass is 863 g/mol. The fourth-order valence-electron chi connectivity index (χ4n) is 6.98. The summed E-state index contributed by atoms with van der Waals surface area (Å²) in [5.41, 5.74) is 0. The molecule has 0 aliphatic carbocycles. The van der Waals surface area contributed by atoms with Crippen LogP contribution in [0.4, 0.5) is 0 Å². The van der Waals surface area contributed by atoms with Crippen LogP contribution in [0.1, 0.15) is 233 Å². The van der Waals surface area contributed by atoms with Crippen LogP contribution in [0.15, 0.2) is 85.1 Å². The summed E-state index contributed by atoms with van der Waals surface area (Å²) in [7, 11) is 0. The first-order valence-corrected chi connectivity index (χ1v) is 25.7. The Morgan fingerprint density at radius 3 is 1.00 bits per heavy atom. The van der Waals surface area contributed by atoms with Gasteiger partial charge in [-0.05, 0) is 57.8 Å². The Hall–Kier alpha value is -3.41. The van der Waals surface area contributed by atoms with Crippen molar-refractivity contribution in [3.8, 4) is 0 Å². The summed E-state index contributed by atoms with van der Waals surface area (Å²) in [5.74, 6) is -0.959. The van der Waals surface area contributed by atoms with Crippen LogP contribution < -0.4 is 0 Å². The molecule has 0 radical (unpaired) electrons. The summed E-state index contributed by atoms with van der Waals surface area (Å²) < 4.78 is 16.7. The van der Waals surface area contributed by atoms with Crippen LogP contribution in [0.2, 0.25) is 0 Å². The van der Waals surface area contributed by atoms with E-state index in [9.17, 15) is 14.4 Å². The Balaban J connectivity index is 4.41. The van der Waals surface area contributed by atoms with E-state index < -0.39 is 6.10 Å². The largest absolute Gasteiger partial charge is 0.462 e. The fourth-order valence-corrected chi connectivity index (χ4v) is 6.98. The zero-order valence-electron chi connectivity index (χ0n) is 40.4. The number of esters is 3.